The number of aryl methyl sites for hydroxylation is 1. The summed E-state index contributed by atoms with van der Waals surface area (Å²) in [5, 5.41) is 22.4. The van der Waals surface area contributed by atoms with Crippen LogP contribution in [0.3, 0.4) is 0 Å². The molecule has 0 spiro atoms. The lowest BCUT2D eigenvalue weighted by molar-refractivity contribution is 0.276. The molecule has 0 aliphatic rings. The van der Waals surface area contributed by atoms with Crippen LogP contribution in [0.5, 0.6) is 5.75 Å². The van der Waals surface area contributed by atoms with Crippen molar-refractivity contribution in [1.82, 2.24) is 0 Å². The lowest BCUT2D eigenvalue weighted by Crippen LogP contribution is -2.14. The van der Waals surface area contributed by atoms with Gasteiger partial charge in [-0.25, -0.2) is 0 Å². The van der Waals surface area contributed by atoms with Crippen molar-refractivity contribution in [1.29, 1.82) is 0 Å². The fourth-order valence-electron chi connectivity index (χ4n) is 1.83. The van der Waals surface area contributed by atoms with E-state index < -0.39 is 0 Å². The van der Waals surface area contributed by atoms with Gasteiger partial charge >= 0.3 is 0 Å². The predicted molar refractivity (Wildman–Crippen MR) is 77.7 cm³/mol. The molecule has 2 aromatic carbocycles. The molecule has 3 N–H and O–H groups in total. The van der Waals surface area contributed by atoms with Crippen molar-refractivity contribution in [3.05, 3.63) is 58.6 Å². The molecule has 0 fully saturated rings. The highest BCUT2D eigenvalue weighted by molar-refractivity contribution is 6.32. The molecule has 19 heavy (non-hydrogen) atoms. The van der Waals surface area contributed by atoms with Gasteiger partial charge in [0.15, 0.2) is 0 Å². The first kappa shape index (κ1) is 13.7. The number of anilines is 1. The van der Waals surface area contributed by atoms with Gasteiger partial charge < -0.3 is 15.5 Å². The Labute approximate surface area is 117 Å². The fourth-order valence-corrected chi connectivity index (χ4v) is 2.01. The molecule has 0 bridgehead atoms. The number of phenols is 1. The van der Waals surface area contributed by atoms with Crippen molar-refractivity contribution < 1.29 is 10.2 Å². The van der Waals surface area contributed by atoms with Crippen LogP contribution in [0.2, 0.25) is 5.02 Å². The Balaban J connectivity index is 2.19. The number of aliphatic hydroxyl groups excluding tert-OH is 1. The third-order valence-corrected chi connectivity index (χ3v) is 3.25. The van der Waals surface area contributed by atoms with Crippen LogP contribution in [0.15, 0.2) is 42.5 Å². The van der Waals surface area contributed by atoms with Crippen molar-refractivity contribution in [2.45, 2.75) is 13.0 Å². The van der Waals surface area contributed by atoms with Crippen molar-refractivity contribution in [3.8, 4) is 5.75 Å². The Morgan fingerprint density at radius 3 is 2.42 bits per heavy atom. The second-order valence-corrected chi connectivity index (χ2v) is 4.86. The van der Waals surface area contributed by atoms with Crippen LogP contribution in [0.4, 0.5) is 5.69 Å². The van der Waals surface area contributed by atoms with Gasteiger partial charge in [0.25, 0.3) is 0 Å². The molecule has 2 rings (SSSR count). The monoisotopic (exact) mass is 277 g/mol. The van der Waals surface area contributed by atoms with Crippen LogP contribution in [0.1, 0.15) is 17.2 Å². The van der Waals surface area contributed by atoms with E-state index in [1.54, 1.807) is 12.1 Å². The fraction of sp³-hybridized carbons (Fsp3) is 0.200. The Hall–Kier alpha value is -1.71. The van der Waals surface area contributed by atoms with Gasteiger partial charge in [0.1, 0.15) is 5.75 Å². The lowest BCUT2D eigenvalue weighted by Gasteiger charge is -2.18. The molecule has 0 aromatic heterocycles. The number of aromatic hydroxyl groups is 1. The highest BCUT2D eigenvalue weighted by Crippen LogP contribution is 2.28. The molecule has 1 unspecified atom stereocenters. The zero-order valence-corrected chi connectivity index (χ0v) is 11.4. The summed E-state index contributed by atoms with van der Waals surface area (Å²) >= 11 is 5.88. The first-order valence-corrected chi connectivity index (χ1v) is 6.40. The van der Waals surface area contributed by atoms with E-state index in [0.717, 1.165) is 11.3 Å². The molecule has 2 aromatic rings. The second kappa shape index (κ2) is 5.95. The molecule has 0 saturated heterocycles. The minimum atomic E-state index is -0.263. The first-order chi connectivity index (χ1) is 9.10. The van der Waals surface area contributed by atoms with E-state index in [1.807, 2.05) is 31.2 Å². The highest BCUT2D eigenvalue weighted by Gasteiger charge is 2.12. The van der Waals surface area contributed by atoms with Crippen LogP contribution in [-0.2, 0) is 0 Å². The summed E-state index contributed by atoms with van der Waals surface area (Å²) in [6.07, 6.45) is 0. The van der Waals surface area contributed by atoms with Gasteiger partial charge in [0.05, 0.1) is 17.7 Å². The number of rotatable bonds is 4. The standard InChI is InChI=1S/C15H16ClNO2/c1-10-2-5-12(6-3-10)17-14(9-18)11-4-7-15(19)13(16)8-11/h2-8,14,17-19H,9H2,1H3. The van der Waals surface area contributed by atoms with E-state index in [4.69, 9.17) is 11.6 Å². The van der Waals surface area contributed by atoms with Crippen LogP contribution in [0.25, 0.3) is 0 Å². The minimum absolute atomic E-state index is 0.0393. The van der Waals surface area contributed by atoms with Crippen LogP contribution in [-0.4, -0.2) is 16.8 Å². The maximum absolute atomic E-state index is 9.49. The summed E-state index contributed by atoms with van der Waals surface area (Å²) in [6.45, 7) is 1.96. The number of nitrogens with one attached hydrogen (secondary N) is 1. The molecule has 3 nitrogen and oxygen atoms in total. The van der Waals surface area contributed by atoms with Gasteiger partial charge in [0.2, 0.25) is 0 Å². The summed E-state index contributed by atoms with van der Waals surface area (Å²) < 4.78 is 0. The summed E-state index contributed by atoms with van der Waals surface area (Å²) in [7, 11) is 0. The highest BCUT2D eigenvalue weighted by atomic mass is 35.5. The van der Waals surface area contributed by atoms with E-state index in [1.165, 1.54) is 11.6 Å². The van der Waals surface area contributed by atoms with Crippen molar-refractivity contribution in [3.63, 3.8) is 0 Å². The Morgan fingerprint density at radius 1 is 1.16 bits per heavy atom. The maximum atomic E-state index is 9.49. The van der Waals surface area contributed by atoms with Crippen molar-refractivity contribution in [2.75, 3.05) is 11.9 Å². The van der Waals surface area contributed by atoms with E-state index in [0.29, 0.717) is 0 Å². The zero-order chi connectivity index (χ0) is 13.8. The zero-order valence-electron chi connectivity index (χ0n) is 10.6. The molecule has 0 radical (unpaired) electrons. The normalized spacial score (nSPS) is 12.2. The number of hydrogen-bond donors (Lipinski definition) is 3. The number of benzene rings is 2. The van der Waals surface area contributed by atoms with Gasteiger partial charge in [-0.15, -0.1) is 0 Å². The van der Waals surface area contributed by atoms with E-state index in [2.05, 4.69) is 5.32 Å². The van der Waals surface area contributed by atoms with Gasteiger partial charge in [-0.2, -0.15) is 0 Å². The van der Waals surface area contributed by atoms with Crippen LogP contribution in [0, 0.1) is 6.92 Å². The van der Waals surface area contributed by atoms with E-state index in [-0.39, 0.29) is 23.4 Å². The van der Waals surface area contributed by atoms with E-state index >= 15 is 0 Å². The predicted octanol–water partition coefficient (Wildman–Crippen LogP) is 3.50. The first-order valence-electron chi connectivity index (χ1n) is 6.02. The average molecular weight is 278 g/mol. The lowest BCUT2D eigenvalue weighted by atomic mass is 10.1. The maximum Gasteiger partial charge on any atom is 0.134 e. The Kier molecular flexibility index (Phi) is 4.30. The largest absolute Gasteiger partial charge is 0.506 e. The molecule has 0 saturated carbocycles. The summed E-state index contributed by atoms with van der Waals surface area (Å²) in [5.41, 5.74) is 2.93. The summed E-state index contributed by atoms with van der Waals surface area (Å²) in [4.78, 5) is 0. The molecular formula is C15H16ClNO2. The SMILES string of the molecule is Cc1ccc(NC(CO)c2ccc(O)c(Cl)c2)cc1. The third-order valence-electron chi connectivity index (χ3n) is 2.95. The van der Waals surface area contributed by atoms with Crippen molar-refractivity contribution in [2.24, 2.45) is 0 Å². The number of aliphatic hydroxyl groups is 1. The third kappa shape index (κ3) is 3.40. The summed E-state index contributed by atoms with van der Waals surface area (Å²) in [6, 6.07) is 12.6. The van der Waals surface area contributed by atoms with Crippen LogP contribution >= 0.6 is 11.6 Å². The van der Waals surface area contributed by atoms with E-state index in [9.17, 15) is 10.2 Å². The molecule has 100 valence electrons. The number of halogens is 1. The van der Waals surface area contributed by atoms with Gasteiger partial charge in [-0.05, 0) is 36.8 Å². The molecule has 4 heteroatoms. The minimum Gasteiger partial charge on any atom is -0.506 e. The quantitative estimate of drug-likeness (QED) is 0.802. The topological polar surface area (TPSA) is 52.5 Å². The van der Waals surface area contributed by atoms with Gasteiger partial charge in [-0.1, -0.05) is 35.4 Å². The summed E-state index contributed by atoms with van der Waals surface area (Å²) in [5.74, 6) is 0.0393. The van der Waals surface area contributed by atoms with Crippen LogP contribution < -0.4 is 5.32 Å². The average Bonchev–Trinajstić information content (AvgIpc) is 2.41. The number of phenolic OH excluding ortho intramolecular Hbond substituents is 1. The Bertz CT molecular complexity index is 555. The van der Waals surface area contributed by atoms with Gasteiger partial charge in [0, 0.05) is 5.69 Å². The molecule has 0 amide bonds. The molecule has 0 heterocycles. The molecule has 0 aliphatic carbocycles. The van der Waals surface area contributed by atoms with Gasteiger partial charge in [-0.3, -0.25) is 0 Å². The molecular weight excluding hydrogens is 262 g/mol. The number of hydrogen-bond acceptors (Lipinski definition) is 3. The second-order valence-electron chi connectivity index (χ2n) is 4.46. The Morgan fingerprint density at radius 2 is 1.84 bits per heavy atom. The smallest absolute Gasteiger partial charge is 0.134 e. The molecule has 0 aliphatic heterocycles. The van der Waals surface area contributed by atoms with Crippen molar-refractivity contribution >= 4 is 17.3 Å². The molecule has 1 atom stereocenters.